The van der Waals surface area contributed by atoms with Crippen LogP contribution in [0.3, 0.4) is 0 Å². The molecule has 100 valence electrons. The van der Waals surface area contributed by atoms with Crippen LogP contribution < -0.4 is 10.6 Å². The van der Waals surface area contributed by atoms with E-state index in [-0.39, 0.29) is 29.0 Å². The molecule has 0 aliphatic carbocycles. The van der Waals surface area contributed by atoms with Gasteiger partial charge in [0.05, 0.1) is 10.6 Å². The van der Waals surface area contributed by atoms with Gasteiger partial charge in [-0.2, -0.15) is 0 Å². The Labute approximate surface area is 116 Å². The van der Waals surface area contributed by atoms with Gasteiger partial charge in [0.1, 0.15) is 5.82 Å². The highest BCUT2D eigenvalue weighted by molar-refractivity contribution is 6.33. The first-order valence-corrected chi connectivity index (χ1v) is 6.02. The van der Waals surface area contributed by atoms with Gasteiger partial charge < -0.3 is 10.6 Å². The van der Waals surface area contributed by atoms with Gasteiger partial charge in [-0.05, 0) is 31.5 Å². The maximum atomic E-state index is 13.4. The molecule has 18 heavy (non-hydrogen) atoms. The summed E-state index contributed by atoms with van der Waals surface area (Å²) in [6, 6.07) is 4.50. The predicted octanol–water partition coefficient (Wildman–Crippen LogP) is 2.38. The normalized spacial score (nSPS) is 18.2. The molecule has 2 rings (SSSR count). The second-order valence-electron chi connectivity index (χ2n) is 4.10. The first kappa shape index (κ1) is 15.2. The summed E-state index contributed by atoms with van der Waals surface area (Å²) in [5.74, 6) is -1.05. The molecule has 1 aromatic carbocycles. The fourth-order valence-electron chi connectivity index (χ4n) is 1.95. The zero-order chi connectivity index (χ0) is 12.3. The third kappa shape index (κ3) is 3.57. The van der Waals surface area contributed by atoms with Crippen molar-refractivity contribution in [3.05, 3.63) is 34.6 Å². The Morgan fingerprint density at radius 1 is 1.56 bits per heavy atom. The van der Waals surface area contributed by atoms with E-state index in [2.05, 4.69) is 10.6 Å². The highest BCUT2D eigenvalue weighted by Gasteiger charge is 2.18. The third-order valence-corrected chi connectivity index (χ3v) is 3.18. The van der Waals surface area contributed by atoms with Gasteiger partial charge >= 0.3 is 0 Å². The van der Waals surface area contributed by atoms with E-state index in [1.54, 1.807) is 0 Å². The Kier molecular flexibility index (Phi) is 5.85. The van der Waals surface area contributed by atoms with Crippen LogP contribution >= 0.6 is 24.0 Å². The summed E-state index contributed by atoms with van der Waals surface area (Å²) in [5.41, 5.74) is -0.0767. The molecule has 1 saturated heterocycles. The van der Waals surface area contributed by atoms with Gasteiger partial charge in [0, 0.05) is 12.6 Å². The monoisotopic (exact) mass is 292 g/mol. The lowest BCUT2D eigenvalue weighted by molar-refractivity contribution is 0.0946. The summed E-state index contributed by atoms with van der Waals surface area (Å²) in [6.45, 7) is 1.48. The molecule has 6 heteroatoms. The van der Waals surface area contributed by atoms with E-state index in [0.717, 1.165) is 19.4 Å². The zero-order valence-electron chi connectivity index (χ0n) is 9.71. The molecule has 1 amide bonds. The molecule has 1 aromatic rings. The van der Waals surface area contributed by atoms with Gasteiger partial charge in [-0.15, -0.1) is 12.4 Å². The van der Waals surface area contributed by atoms with Crippen molar-refractivity contribution in [1.82, 2.24) is 10.6 Å². The average molecular weight is 293 g/mol. The van der Waals surface area contributed by atoms with Crippen LogP contribution in [-0.4, -0.2) is 25.0 Å². The molecule has 0 bridgehead atoms. The molecule has 1 heterocycles. The van der Waals surface area contributed by atoms with Crippen LogP contribution in [0.15, 0.2) is 18.2 Å². The smallest absolute Gasteiger partial charge is 0.255 e. The lowest BCUT2D eigenvalue weighted by Crippen LogP contribution is -2.37. The quantitative estimate of drug-likeness (QED) is 0.898. The minimum Gasteiger partial charge on any atom is -0.350 e. The van der Waals surface area contributed by atoms with Crippen LogP contribution in [0, 0.1) is 5.82 Å². The fraction of sp³-hybridized carbons (Fsp3) is 0.417. The van der Waals surface area contributed by atoms with Crippen LogP contribution in [0.5, 0.6) is 0 Å². The molecule has 1 atom stereocenters. The Bertz CT molecular complexity index is 402. The van der Waals surface area contributed by atoms with Gasteiger partial charge in [0.2, 0.25) is 0 Å². The van der Waals surface area contributed by atoms with Crippen molar-refractivity contribution in [3.63, 3.8) is 0 Å². The Balaban J connectivity index is 0.00000162. The van der Waals surface area contributed by atoms with Crippen molar-refractivity contribution < 1.29 is 9.18 Å². The highest BCUT2D eigenvalue weighted by atomic mass is 35.5. The molecule has 1 fully saturated rings. The van der Waals surface area contributed by atoms with E-state index in [1.165, 1.54) is 18.2 Å². The van der Waals surface area contributed by atoms with Crippen molar-refractivity contribution >= 4 is 29.9 Å². The topological polar surface area (TPSA) is 41.1 Å². The summed E-state index contributed by atoms with van der Waals surface area (Å²) in [7, 11) is 0. The number of hydrogen-bond acceptors (Lipinski definition) is 2. The van der Waals surface area contributed by atoms with Crippen molar-refractivity contribution in [2.24, 2.45) is 0 Å². The molecule has 0 spiro atoms. The second kappa shape index (κ2) is 6.92. The molecule has 0 saturated carbocycles. The summed E-state index contributed by atoms with van der Waals surface area (Å²) in [5, 5.41) is 6.09. The maximum Gasteiger partial charge on any atom is 0.255 e. The second-order valence-corrected chi connectivity index (χ2v) is 4.51. The Morgan fingerprint density at radius 2 is 2.33 bits per heavy atom. The molecule has 2 N–H and O–H groups in total. The van der Waals surface area contributed by atoms with Crippen LogP contribution in [-0.2, 0) is 0 Å². The maximum absolute atomic E-state index is 13.4. The summed E-state index contributed by atoms with van der Waals surface area (Å²) >= 11 is 5.80. The van der Waals surface area contributed by atoms with Gasteiger partial charge in [-0.3, -0.25) is 4.79 Å². The summed E-state index contributed by atoms with van der Waals surface area (Å²) in [4.78, 5) is 11.8. The van der Waals surface area contributed by atoms with Crippen molar-refractivity contribution in [1.29, 1.82) is 0 Å². The number of amides is 1. The molecular weight excluding hydrogens is 278 g/mol. The molecule has 0 aromatic heterocycles. The van der Waals surface area contributed by atoms with Crippen molar-refractivity contribution in [2.75, 3.05) is 13.1 Å². The molecule has 1 aliphatic heterocycles. The third-order valence-electron chi connectivity index (χ3n) is 2.86. The standard InChI is InChI=1S/C12H14ClFN2O.ClH/c13-9-4-1-5-10(14)11(9)12(17)16-7-8-3-2-6-15-8;/h1,4-5,8,15H,2-3,6-7H2,(H,16,17);1H. The van der Waals surface area contributed by atoms with E-state index in [0.29, 0.717) is 6.54 Å². The van der Waals surface area contributed by atoms with E-state index < -0.39 is 11.7 Å². The first-order valence-electron chi connectivity index (χ1n) is 5.64. The van der Waals surface area contributed by atoms with Crippen LogP contribution in [0.2, 0.25) is 5.02 Å². The molecule has 3 nitrogen and oxygen atoms in total. The molecular formula is C12H15Cl2FN2O. The lowest BCUT2D eigenvalue weighted by atomic mass is 10.2. The largest absolute Gasteiger partial charge is 0.350 e. The van der Waals surface area contributed by atoms with Gasteiger partial charge in [-0.1, -0.05) is 17.7 Å². The highest BCUT2D eigenvalue weighted by Crippen LogP contribution is 2.18. The van der Waals surface area contributed by atoms with Crippen LogP contribution in [0.25, 0.3) is 0 Å². The SMILES string of the molecule is Cl.O=C(NCC1CCCN1)c1c(F)cccc1Cl. The number of nitrogens with one attached hydrogen (secondary N) is 2. The van der Waals surface area contributed by atoms with E-state index in [9.17, 15) is 9.18 Å². The van der Waals surface area contributed by atoms with Crippen LogP contribution in [0.1, 0.15) is 23.2 Å². The van der Waals surface area contributed by atoms with E-state index in [1.807, 2.05) is 0 Å². The number of halogens is 3. The minimum absolute atomic E-state index is 0. The Hall–Kier alpha value is -0.840. The predicted molar refractivity (Wildman–Crippen MR) is 72.0 cm³/mol. The van der Waals surface area contributed by atoms with Crippen LogP contribution in [0.4, 0.5) is 4.39 Å². The summed E-state index contributed by atoms with van der Waals surface area (Å²) in [6.07, 6.45) is 2.15. The average Bonchev–Trinajstić information content (AvgIpc) is 2.79. The molecule has 1 aliphatic rings. The zero-order valence-corrected chi connectivity index (χ0v) is 11.3. The van der Waals surface area contributed by atoms with E-state index >= 15 is 0 Å². The van der Waals surface area contributed by atoms with Gasteiger partial charge in [-0.25, -0.2) is 4.39 Å². The van der Waals surface area contributed by atoms with Gasteiger partial charge in [0.15, 0.2) is 0 Å². The first-order chi connectivity index (χ1) is 8.18. The van der Waals surface area contributed by atoms with E-state index in [4.69, 9.17) is 11.6 Å². The molecule has 1 unspecified atom stereocenters. The number of carbonyl (C=O) groups excluding carboxylic acids is 1. The van der Waals surface area contributed by atoms with Gasteiger partial charge in [0.25, 0.3) is 5.91 Å². The fourth-order valence-corrected chi connectivity index (χ4v) is 2.20. The molecule has 0 radical (unpaired) electrons. The Morgan fingerprint density at radius 3 is 2.94 bits per heavy atom. The van der Waals surface area contributed by atoms with Crippen molar-refractivity contribution in [2.45, 2.75) is 18.9 Å². The van der Waals surface area contributed by atoms with Crippen molar-refractivity contribution in [3.8, 4) is 0 Å². The number of rotatable bonds is 3. The number of benzene rings is 1. The lowest BCUT2D eigenvalue weighted by Gasteiger charge is -2.12. The minimum atomic E-state index is -0.589. The number of hydrogen-bond donors (Lipinski definition) is 2. The number of carbonyl (C=O) groups is 1. The summed E-state index contributed by atoms with van der Waals surface area (Å²) < 4.78 is 13.4.